The summed E-state index contributed by atoms with van der Waals surface area (Å²) in [5, 5.41) is 2.95. The summed E-state index contributed by atoms with van der Waals surface area (Å²) in [4.78, 5) is 5.94. The van der Waals surface area contributed by atoms with Crippen molar-refractivity contribution in [1.82, 2.24) is 5.32 Å². The second-order valence-corrected chi connectivity index (χ2v) is 6.09. The molecule has 0 amide bonds. The zero-order valence-electron chi connectivity index (χ0n) is 15.0. The molecule has 3 N–H and O–H groups in total. The Labute approximate surface area is 162 Å². The number of benzene rings is 1. The monoisotopic (exact) mass is 438 g/mol. The van der Waals surface area contributed by atoms with E-state index in [4.69, 9.17) is 10.5 Å². The van der Waals surface area contributed by atoms with Crippen LogP contribution in [-0.2, 0) is 17.5 Å². The average molecular weight is 439 g/mol. The molecule has 1 aromatic rings. The molecule has 0 saturated carbocycles. The van der Waals surface area contributed by atoms with E-state index in [1.165, 1.54) is 12.1 Å². The van der Waals surface area contributed by atoms with Crippen molar-refractivity contribution < 1.29 is 17.9 Å². The molecule has 0 aliphatic carbocycles. The van der Waals surface area contributed by atoms with Crippen LogP contribution in [0.25, 0.3) is 0 Å². The average Bonchev–Trinajstić information content (AvgIpc) is 2.59. The normalized spacial score (nSPS) is 16.8. The lowest BCUT2D eigenvalue weighted by Gasteiger charge is -2.29. The van der Waals surface area contributed by atoms with Crippen molar-refractivity contribution in [1.29, 1.82) is 0 Å². The summed E-state index contributed by atoms with van der Waals surface area (Å²) in [7, 11) is 0. The van der Waals surface area contributed by atoms with Crippen LogP contribution in [0.5, 0.6) is 0 Å². The van der Waals surface area contributed by atoms with Crippen LogP contribution in [0, 0.1) is 0 Å². The van der Waals surface area contributed by atoms with Gasteiger partial charge in [0.15, 0.2) is 5.96 Å². The van der Waals surface area contributed by atoms with Gasteiger partial charge in [-0.05, 0) is 31.0 Å². The molecule has 1 aliphatic rings. The third-order valence-corrected chi connectivity index (χ3v) is 4.20. The molecule has 0 bridgehead atoms. The Kier molecular flexibility index (Phi) is 8.69. The Hall–Kier alpha value is -1.48. The number of hydrogen-bond acceptors (Lipinski definition) is 3. The van der Waals surface area contributed by atoms with Gasteiger partial charge in [0.2, 0.25) is 0 Å². The predicted molar refractivity (Wildman–Crippen MR) is 103 cm³/mol. The van der Waals surface area contributed by atoms with Crippen molar-refractivity contribution in [3.8, 4) is 0 Å². The maximum atomic E-state index is 13.4. The number of aliphatic imine (C=N–C) groups is 1. The SMILES string of the molecule is Br.CCC(C)NC(N)=NCc1ccc(N2CCOCC2)cc1C(F)(F)F. The highest BCUT2D eigenvalue weighted by Crippen LogP contribution is 2.35. The molecule has 0 spiro atoms. The first-order chi connectivity index (χ1) is 11.8. The van der Waals surface area contributed by atoms with Gasteiger partial charge in [-0.3, -0.25) is 0 Å². The first-order valence-electron chi connectivity index (χ1n) is 8.40. The minimum absolute atomic E-state index is 0. The van der Waals surface area contributed by atoms with Gasteiger partial charge in [0.25, 0.3) is 0 Å². The summed E-state index contributed by atoms with van der Waals surface area (Å²) in [6.45, 7) is 6.00. The number of halogens is 4. The molecule has 1 aromatic carbocycles. The number of rotatable bonds is 5. The second kappa shape index (κ2) is 10.0. The van der Waals surface area contributed by atoms with Crippen LogP contribution in [0.4, 0.5) is 18.9 Å². The van der Waals surface area contributed by atoms with Gasteiger partial charge in [-0.1, -0.05) is 13.0 Å². The zero-order chi connectivity index (χ0) is 18.4. The van der Waals surface area contributed by atoms with Gasteiger partial charge >= 0.3 is 6.18 Å². The van der Waals surface area contributed by atoms with E-state index < -0.39 is 11.7 Å². The lowest BCUT2D eigenvalue weighted by molar-refractivity contribution is -0.138. The van der Waals surface area contributed by atoms with Gasteiger partial charge in [-0.15, -0.1) is 17.0 Å². The maximum absolute atomic E-state index is 13.4. The molecule has 1 saturated heterocycles. The molecule has 0 aromatic heterocycles. The van der Waals surface area contributed by atoms with Crippen molar-refractivity contribution in [3.63, 3.8) is 0 Å². The smallest absolute Gasteiger partial charge is 0.378 e. The highest BCUT2D eigenvalue weighted by Gasteiger charge is 2.34. The van der Waals surface area contributed by atoms with E-state index in [0.717, 1.165) is 6.42 Å². The molecule has 1 aliphatic heterocycles. The van der Waals surface area contributed by atoms with Crippen LogP contribution in [0.3, 0.4) is 0 Å². The van der Waals surface area contributed by atoms with Gasteiger partial charge in [0, 0.05) is 24.8 Å². The molecular formula is C17H26BrF3N4O. The Morgan fingerprint density at radius 1 is 1.35 bits per heavy atom. The summed E-state index contributed by atoms with van der Waals surface area (Å²) in [5.41, 5.74) is 5.73. The second-order valence-electron chi connectivity index (χ2n) is 6.09. The molecule has 26 heavy (non-hydrogen) atoms. The van der Waals surface area contributed by atoms with Crippen LogP contribution in [0.1, 0.15) is 31.4 Å². The number of ether oxygens (including phenoxy) is 1. The fraction of sp³-hybridized carbons (Fsp3) is 0.588. The van der Waals surface area contributed by atoms with Crippen molar-refractivity contribution in [2.75, 3.05) is 31.2 Å². The molecule has 0 radical (unpaired) electrons. The summed E-state index contributed by atoms with van der Waals surface area (Å²) in [6.07, 6.45) is -3.59. The highest BCUT2D eigenvalue weighted by molar-refractivity contribution is 8.93. The zero-order valence-corrected chi connectivity index (χ0v) is 16.7. The Balaban J connectivity index is 0.00000338. The molecule has 9 heteroatoms. The van der Waals surface area contributed by atoms with Gasteiger partial charge in [-0.2, -0.15) is 13.2 Å². The van der Waals surface area contributed by atoms with Crippen molar-refractivity contribution >= 4 is 28.6 Å². The summed E-state index contributed by atoms with van der Waals surface area (Å²) in [6, 6.07) is 4.49. The lowest BCUT2D eigenvalue weighted by atomic mass is 10.1. The number of nitrogens with one attached hydrogen (secondary N) is 1. The van der Waals surface area contributed by atoms with Gasteiger partial charge in [-0.25, -0.2) is 4.99 Å². The summed E-state index contributed by atoms with van der Waals surface area (Å²) in [5.74, 6) is 0.153. The minimum atomic E-state index is -4.44. The molecule has 1 atom stereocenters. The quantitative estimate of drug-likeness (QED) is 0.546. The molecule has 1 heterocycles. The number of alkyl halides is 3. The van der Waals surface area contributed by atoms with E-state index in [9.17, 15) is 13.2 Å². The maximum Gasteiger partial charge on any atom is 0.416 e. The first-order valence-corrected chi connectivity index (χ1v) is 8.40. The molecule has 1 fully saturated rings. The van der Waals surface area contributed by atoms with Gasteiger partial charge in [0.05, 0.1) is 25.3 Å². The Morgan fingerprint density at radius 2 is 2.00 bits per heavy atom. The molecule has 2 rings (SSSR count). The van der Waals surface area contributed by atoms with Crippen LogP contribution in [-0.4, -0.2) is 38.3 Å². The topological polar surface area (TPSA) is 62.9 Å². The largest absolute Gasteiger partial charge is 0.416 e. The first kappa shape index (κ1) is 22.6. The highest BCUT2D eigenvalue weighted by atomic mass is 79.9. The minimum Gasteiger partial charge on any atom is -0.378 e. The van der Waals surface area contributed by atoms with E-state index in [1.54, 1.807) is 6.07 Å². The Morgan fingerprint density at radius 3 is 2.58 bits per heavy atom. The third kappa shape index (κ3) is 6.35. The number of hydrogen-bond donors (Lipinski definition) is 2. The van der Waals surface area contributed by atoms with E-state index in [1.807, 2.05) is 18.7 Å². The number of nitrogens with zero attached hydrogens (tertiary/aromatic N) is 2. The van der Waals surface area contributed by atoms with Gasteiger partial charge < -0.3 is 20.7 Å². The van der Waals surface area contributed by atoms with Gasteiger partial charge in [0.1, 0.15) is 0 Å². The number of guanidine groups is 1. The van der Waals surface area contributed by atoms with Crippen LogP contribution in [0.2, 0.25) is 0 Å². The van der Waals surface area contributed by atoms with E-state index >= 15 is 0 Å². The van der Waals surface area contributed by atoms with Crippen LogP contribution < -0.4 is 16.0 Å². The van der Waals surface area contributed by atoms with Crippen LogP contribution >= 0.6 is 17.0 Å². The summed E-state index contributed by atoms with van der Waals surface area (Å²) < 4.78 is 45.6. The fourth-order valence-corrected chi connectivity index (χ4v) is 2.55. The van der Waals surface area contributed by atoms with Crippen molar-refractivity contribution in [2.24, 2.45) is 10.7 Å². The molecule has 5 nitrogen and oxygen atoms in total. The standard InChI is InChI=1S/C17H25F3N4O.BrH/c1-3-12(2)23-16(21)22-11-13-4-5-14(10-15(13)17(18,19)20)24-6-8-25-9-7-24;/h4-5,10,12H,3,6-9,11H2,1-2H3,(H3,21,22,23);1H. The third-order valence-electron chi connectivity index (χ3n) is 4.20. The number of nitrogens with two attached hydrogens (primary N) is 1. The molecule has 148 valence electrons. The number of morpholine rings is 1. The Bertz CT molecular complexity index is 604. The van der Waals surface area contributed by atoms with Crippen molar-refractivity contribution in [2.45, 2.75) is 39.0 Å². The lowest BCUT2D eigenvalue weighted by Crippen LogP contribution is -2.38. The molecule has 1 unspecified atom stereocenters. The van der Waals surface area contributed by atoms with E-state index in [2.05, 4.69) is 10.3 Å². The predicted octanol–water partition coefficient (Wildman–Crippen LogP) is 3.32. The number of anilines is 1. The fourth-order valence-electron chi connectivity index (χ4n) is 2.55. The summed E-state index contributed by atoms with van der Waals surface area (Å²) >= 11 is 0. The van der Waals surface area contributed by atoms with E-state index in [-0.39, 0.29) is 41.1 Å². The van der Waals surface area contributed by atoms with Crippen LogP contribution in [0.15, 0.2) is 23.2 Å². The molecular weight excluding hydrogens is 413 g/mol. The van der Waals surface area contributed by atoms with E-state index in [0.29, 0.717) is 32.0 Å². The van der Waals surface area contributed by atoms with Crippen molar-refractivity contribution in [3.05, 3.63) is 29.3 Å².